The summed E-state index contributed by atoms with van der Waals surface area (Å²) in [6.07, 6.45) is 0. The van der Waals surface area contributed by atoms with Crippen LogP contribution in [-0.2, 0) is 21.4 Å². The zero-order chi connectivity index (χ0) is 18.6. The fraction of sp³-hybridized carbons (Fsp3) is 0.278. The van der Waals surface area contributed by atoms with Crippen LogP contribution in [0, 0.1) is 5.92 Å². The summed E-state index contributed by atoms with van der Waals surface area (Å²) in [4.78, 5) is 11.2. The first-order chi connectivity index (χ1) is 11.7. The first-order valence-electron chi connectivity index (χ1n) is 7.89. The van der Waals surface area contributed by atoms with E-state index in [9.17, 15) is 13.2 Å². The molecule has 0 amide bonds. The second kappa shape index (κ2) is 7.77. The van der Waals surface area contributed by atoms with Gasteiger partial charge in [-0.2, -0.15) is 4.72 Å². The van der Waals surface area contributed by atoms with Crippen molar-refractivity contribution in [1.29, 1.82) is 0 Å². The number of carbonyl (C=O) groups is 1. The average Bonchev–Trinajstić information content (AvgIpc) is 2.59. The van der Waals surface area contributed by atoms with Crippen LogP contribution in [0.5, 0.6) is 0 Å². The molecular formula is C18H22N2O4S. The third-order valence-corrected chi connectivity index (χ3v) is 5.36. The maximum atomic E-state index is 12.4. The highest BCUT2D eigenvalue weighted by Gasteiger charge is 2.27. The highest BCUT2D eigenvalue weighted by Crippen LogP contribution is 2.22. The predicted molar refractivity (Wildman–Crippen MR) is 96.4 cm³/mol. The summed E-state index contributed by atoms with van der Waals surface area (Å²) in [7, 11) is -3.91. The monoisotopic (exact) mass is 362 g/mol. The summed E-state index contributed by atoms with van der Waals surface area (Å²) in [6, 6.07) is 12.8. The van der Waals surface area contributed by atoms with Gasteiger partial charge in [-0.05, 0) is 34.7 Å². The molecule has 0 heterocycles. The maximum Gasteiger partial charge on any atom is 0.322 e. The van der Waals surface area contributed by atoms with Gasteiger partial charge in [-0.15, -0.1) is 0 Å². The smallest absolute Gasteiger partial charge is 0.322 e. The van der Waals surface area contributed by atoms with Crippen LogP contribution < -0.4 is 10.5 Å². The average molecular weight is 362 g/mol. The Morgan fingerprint density at radius 2 is 1.52 bits per heavy atom. The van der Waals surface area contributed by atoms with Gasteiger partial charge in [0.2, 0.25) is 10.0 Å². The van der Waals surface area contributed by atoms with Crippen molar-refractivity contribution in [3.8, 4) is 11.1 Å². The lowest BCUT2D eigenvalue weighted by molar-refractivity contribution is -0.140. The number of benzene rings is 2. The van der Waals surface area contributed by atoms with Crippen molar-refractivity contribution in [3.63, 3.8) is 0 Å². The largest absolute Gasteiger partial charge is 0.480 e. The lowest BCUT2D eigenvalue weighted by Gasteiger charge is -2.18. The van der Waals surface area contributed by atoms with Crippen molar-refractivity contribution in [1.82, 2.24) is 4.72 Å². The first-order valence-corrected chi connectivity index (χ1v) is 9.37. The summed E-state index contributed by atoms with van der Waals surface area (Å²) in [5, 5.41) is 9.15. The van der Waals surface area contributed by atoms with E-state index in [2.05, 4.69) is 4.72 Å². The highest BCUT2D eigenvalue weighted by molar-refractivity contribution is 7.89. The van der Waals surface area contributed by atoms with Crippen LogP contribution in [0.25, 0.3) is 11.1 Å². The minimum atomic E-state index is -3.91. The second-order valence-corrected chi connectivity index (χ2v) is 7.82. The summed E-state index contributed by atoms with van der Waals surface area (Å²) in [6.45, 7) is 3.76. The molecule has 0 saturated carbocycles. The Hall–Kier alpha value is -2.22. The lowest BCUT2D eigenvalue weighted by atomic mass is 10.0. The van der Waals surface area contributed by atoms with E-state index in [-0.39, 0.29) is 10.8 Å². The molecule has 0 aliphatic rings. The molecule has 2 aromatic carbocycles. The molecule has 0 bridgehead atoms. The Morgan fingerprint density at radius 1 is 1.04 bits per heavy atom. The van der Waals surface area contributed by atoms with E-state index in [1.807, 2.05) is 24.3 Å². The molecule has 0 saturated heterocycles. The van der Waals surface area contributed by atoms with Crippen LogP contribution in [0.15, 0.2) is 53.4 Å². The van der Waals surface area contributed by atoms with Gasteiger partial charge in [0.05, 0.1) is 4.90 Å². The predicted octanol–water partition coefficient (Wildman–Crippen LogP) is 2.20. The Bertz CT molecular complexity index is 828. The number of aliphatic carboxylic acids is 1. The molecule has 0 aromatic heterocycles. The standard InChI is InChI=1S/C18H22N2O4S/c1-12(2)17(18(21)22)20-25(23,24)16-9-7-15(8-10-16)14-5-3-13(11-19)4-6-14/h3-10,12,17,20H,11,19H2,1-2H3,(H,21,22). The second-order valence-electron chi connectivity index (χ2n) is 6.11. The molecule has 1 atom stereocenters. The SMILES string of the molecule is CC(C)C(NS(=O)(=O)c1ccc(-c2ccc(CN)cc2)cc1)C(=O)O. The topological polar surface area (TPSA) is 109 Å². The van der Waals surface area contributed by atoms with Crippen molar-refractivity contribution in [3.05, 3.63) is 54.1 Å². The number of hydrogen-bond acceptors (Lipinski definition) is 4. The van der Waals surface area contributed by atoms with Crippen molar-refractivity contribution >= 4 is 16.0 Å². The first kappa shape index (κ1) is 19.1. The van der Waals surface area contributed by atoms with Crippen molar-refractivity contribution in [2.75, 3.05) is 0 Å². The molecule has 0 aliphatic heterocycles. The zero-order valence-electron chi connectivity index (χ0n) is 14.1. The van der Waals surface area contributed by atoms with Gasteiger partial charge >= 0.3 is 5.97 Å². The summed E-state index contributed by atoms with van der Waals surface area (Å²) >= 11 is 0. The molecule has 7 heteroatoms. The molecule has 4 N–H and O–H groups in total. The van der Waals surface area contributed by atoms with E-state index < -0.39 is 22.0 Å². The van der Waals surface area contributed by atoms with Gasteiger partial charge in [-0.1, -0.05) is 50.2 Å². The van der Waals surface area contributed by atoms with Gasteiger partial charge in [0.1, 0.15) is 6.04 Å². The highest BCUT2D eigenvalue weighted by atomic mass is 32.2. The quantitative estimate of drug-likeness (QED) is 0.699. The molecule has 0 spiro atoms. The van der Waals surface area contributed by atoms with Crippen LogP contribution in [-0.4, -0.2) is 25.5 Å². The molecule has 134 valence electrons. The van der Waals surface area contributed by atoms with E-state index >= 15 is 0 Å². The molecular weight excluding hydrogens is 340 g/mol. The minimum Gasteiger partial charge on any atom is -0.480 e. The Labute approximate surface area is 147 Å². The Balaban J connectivity index is 2.24. The molecule has 1 unspecified atom stereocenters. The number of nitrogens with one attached hydrogen (secondary N) is 1. The van der Waals surface area contributed by atoms with Crippen molar-refractivity contribution < 1.29 is 18.3 Å². The van der Waals surface area contributed by atoms with Gasteiger partial charge in [-0.3, -0.25) is 4.79 Å². The summed E-state index contributed by atoms with van der Waals surface area (Å²) < 4.78 is 27.0. The van der Waals surface area contributed by atoms with Gasteiger partial charge < -0.3 is 10.8 Å². The number of hydrogen-bond donors (Lipinski definition) is 3. The van der Waals surface area contributed by atoms with Crippen LogP contribution in [0.1, 0.15) is 19.4 Å². The Kier molecular flexibility index (Phi) is 5.94. The van der Waals surface area contributed by atoms with E-state index in [1.165, 1.54) is 12.1 Å². The van der Waals surface area contributed by atoms with E-state index in [4.69, 9.17) is 10.8 Å². The fourth-order valence-corrected chi connectivity index (χ4v) is 3.70. The zero-order valence-corrected chi connectivity index (χ0v) is 15.0. The Morgan fingerprint density at radius 3 is 1.92 bits per heavy atom. The molecule has 2 rings (SSSR count). The molecule has 6 nitrogen and oxygen atoms in total. The maximum absolute atomic E-state index is 12.4. The number of carboxylic acid groups (broad SMARTS) is 1. The van der Waals surface area contributed by atoms with Crippen LogP contribution in [0.2, 0.25) is 0 Å². The molecule has 2 aromatic rings. The van der Waals surface area contributed by atoms with E-state index in [0.717, 1.165) is 16.7 Å². The van der Waals surface area contributed by atoms with E-state index in [1.54, 1.807) is 26.0 Å². The van der Waals surface area contributed by atoms with Gasteiger partial charge in [-0.25, -0.2) is 8.42 Å². The number of carboxylic acids is 1. The van der Waals surface area contributed by atoms with Crippen LogP contribution in [0.4, 0.5) is 0 Å². The number of nitrogens with two attached hydrogens (primary N) is 1. The minimum absolute atomic E-state index is 0.0294. The van der Waals surface area contributed by atoms with Gasteiger partial charge in [0.15, 0.2) is 0 Å². The normalized spacial score (nSPS) is 13.0. The van der Waals surface area contributed by atoms with Crippen LogP contribution in [0.3, 0.4) is 0 Å². The van der Waals surface area contributed by atoms with Crippen molar-refractivity contribution in [2.45, 2.75) is 31.3 Å². The van der Waals surface area contributed by atoms with Gasteiger partial charge in [0, 0.05) is 6.54 Å². The van der Waals surface area contributed by atoms with E-state index in [0.29, 0.717) is 6.54 Å². The summed E-state index contributed by atoms with van der Waals surface area (Å²) in [5.41, 5.74) is 8.39. The van der Waals surface area contributed by atoms with Gasteiger partial charge in [0.25, 0.3) is 0 Å². The number of rotatable bonds is 7. The van der Waals surface area contributed by atoms with Crippen LogP contribution >= 0.6 is 0 Å². The lowest BCUT2D eigenvalue weighted by Crippen LogP contribution is -2.44. The third-order valence-electron chi connectivity index (χ3n) is 3.90. The molecule has 0 aliphatic carbocycles. The third kappa shape index (κ3) is 4.66. The molecule has 25 heavy (non-hydrogen) atoms. The molecule has 0 fully saturated rings. The number of sulfonamides is 1. The van der Waals surface area contributed by atoms with Crippen molar-refractivity contribution in [2.24, 2.45) is 11.7 Å². The fourth-order valence-electron chi connectivity index (χ4n) is 2.37. The summed E-state index contributed by atoms with van der Waals surface area (Å²) in [5.74, 6) is -1.57. The molecule has 0 radical (unpaired) electrons.